The molecule has 0 aromatic carbocycles. The Balaban J connectivity index is 1.82. The standard InChI is InChI=1S/C13H22N2O3/c14-10-4-1-3-9(7-10)11(16)15-8-13(12(17)18)5-2-6-13/h9-10H,1-8,14H2,(H,15,16)(H,17,18). The minimum atomic E-state index is -0.783. The van der Waals surface area contributed by atoms with Gasteiger partial charge in [-0.1, -0.05) is 12.8 Å². The second-order valence-corrected chi connectivity index (χ2v) is 5.78. The van der Waals surface area contributed by atoms with Gasteiger partial charge in [-0.2, -0.15) is 0 Å². The number of aliphatic carboxylic acids is 1. The highest BCUT2D eigenvalue weighted by molar-refractivity contribution is 5.81. The minimum absolute atomic E-state index is 0.0160. The molecule has 0 aromatic rings. The van der Waals surface area contributed by atoms with Gasteiger partial charge in [0.05, 0.1) is 5.41 Å². The lowest BCUT2D eigenvalue weighted by atomic mass is 9.68. The van der Waals surface area contributed by atoms with E-state index < -0.39 is 11.4 Å². The molecule has 0 aromatic heterocycles. The summed E-state index contributed by atoms with van der Waals surface area (Å²) in [6.45, 7) is 0.271. The molecule has 0 aliphatic heterocycles. The summed E-state index contributed by atoms with van der Waals surface area (Å²) in [6.07, 6.45) is 5.87. The Morgan fingerprint density at radius 3 is 2.50 bits per heavy atom. The fourth-order valence-electron chi connectivity index (χ4n) is 2.94. The van der Waals surface area contributed by atoms with E-state index in [1.165, 1.54) is 0 Å². The summed E-state index contributed by atoms with van der Waals surface area (Å²) in [4.78, 5) is 23.2. The predicted molar refractivity (Wildman–Crippen MR) is 66.9 cm³/mol. The van der Waals surface area contributed by atoms with Gasteiger partial charge in [-0.25, -0.2) is 0 Å². The molecule has 0 heterocycles. The zero-order valence-corrected chi connectivity index (χ0v) is 10.7. The maximum absolute atomic E-state index is 12.0. The summed E-state index contributed by atoms with van der Waals surface area (Å²) >= 11 is 0. The molecule has 4 N–H and O–H groups in total. The Labute approximate surface area is 107 Å². The average Bonchev–Trinajstić information content (AvgIpc) is 2.26. The van der Waals surface area contributed by atoms with Crippen LogP contribution >= 0.6 is 0 Å². The first-order valence-electron chi connectivity index (χ1n) is 6.80. The Bertz CT molecular complexity index is 339. The van der Waals surface area contributed by atoms with E-state index in [-0.39, 0.29) is 24.4 Å². The van der Waals surface area contributed by atoms with Gasteiger partial charge in [0.25, 0.3) is 0 Å². The maximum Gasteiger partial charge on any atom is 0.311 e. The van der Waals surface area contributed by atoms with Crippen LogP contribution in [0.3, 0.4) is 0 Å². The first-order valence-corrected chi connectivity index (χ1v) is 6.80. The summed E-state index contributed by atoms with van der Waals surface area (Å²) in [7, 11) is 0. The number of rotatable bonds is 4. The van der Waals surface area contributed by atoms with Gasteiger partial charge in [0.1, 0.15) is 0 Å². The van der Waals surface area contributed by atoms with Crippen molar-refractivity contribution >= 4 is 11.9 Å². The Morgan fingerprint density at radius 1 is 1.28 bits per heavy atom. The quantitative estimate of drug-likeness (QED) is 0.694. The molecule has 2 unspecified atom stereocenters. The summed E-state index contributed by atoms with van der Waals surface area (Å²) < 4.78 is 0. The molecule has 18 heavy (non-hydrogen) atoms. The Hall–Kier alpha value is -1.10. The smallest absolute Gasteiger partial charge is 0.311 e. The molecule has 2 aliphatic carbocycles. The second-order valence-electron chi connectivity index (χ2n) is 5.78. The van der Waals surface area contributed by atoms with Crippen molar-refractivity contribution in [3.8, 4) is 0 Å². The molecule has 2 fully saturated rings. The molecule has 1 amide bonds. The van der Waals surface area contributed by atoms with Crippen molar-refractivity contribution in [2.45, 2.75) is 51.0 Å². The average molecular weight is 254 g/mol. The van der Waals surface area contributed by atoms with Gasteiger partial charge in [0.15, 0.2) is 0 Å². The molecule has 2 atom stereocenters. The zero-order chi connectivity index (χ0) is 13.2. The molecular formula is C13H22N2O3. The highest BCUT2D eigenvalue weighted by atomic mass is 16.4. The van der Waals surface area contributed by atoms with Crippen molar-refractivity contribution in [3.63, 3.8) is 0 Å². The molecule has 2 saturated carbocycles. The van der Waals surface area contributed by atoms with Gasteiger partial charge in [0, 0.05) is 18.5 Å². The van der Waals surface area contributed by atoms with E-state index in [4.69, 9.17) is 5.73 Å². The van der Waals surface area contributed by atoms with Crippen molar-refractivity contribution in [2.75, 3.05) is 6.54 Å². The van der Waals surface area contributed by atoms with E-state index in [0.29, 0.717) is 12.8 Å². The van der Waals surface area contributed by atoms with Crippen molar-refractivity contribution in [2.24, 2.45) is 17.1 Å². The molecule has 0 spiro atoms. The molecule has 0 saturated heterocycles. The highest BCUT2D eigenvalue weighted by Gasteiger charge is 2.44. The normalized spacial score (nSPS) is 30.3. The molecule has 102 valence electrons. The van der Waals surface area contributed by atoms with Gasteiger partial charge in [-0.05, 0) is 32.1 Å². The number of nitrogens with one attached hydrogen (secondary N) is 1. The van der Waals surface area contributed by atoms with Crippen LogP contribution in [0, 0.1) is 11.3 Å². The topological polar surface area (TPSA) is 92.4 Å². The van der Waals surface area contributed by atoms with Crippen molar-refractivity contribution in [1.82, 2.24) is 5.32 Å². The molecule has 5 nitrogen and oxygen atoms in total. The lowest BCUT2D eigenvalue weighted by Crippen LogP contribution is -2.49. The fraction of sp³-hybridized carbons (Fsp3) is 0.846. The molecule has 2 rings (SSSR count). The van der Waals surface area contributed by atoms with Crippen LogP contribution in [0.4, 0.5) is 0 Å². The van der Waals surface area contributed by atoms with Crippen LogP contribution in [0.1, 0.15) is 44.9 Å². The van der Waals surface area contributed by atoms with E-state index in [1.807, 2.05) is 0 Å². The van der Waals surface area contributed by atoms with Gasteiger partial charge >= 0.3 is 5.97 Å². The van der Waals surface area contributed by atoms with Gasteiger partial charge in [-0.3, -0.25) is 9.59 Å². The summed E-state index contributed by atoms with van der Waals surface area (Å²) in [5.74, 6) is -0.827. The predicted octanol–water partition coefficient (Wildman–Crippen LogP) is 0.875. The third-order valence-corrected chi connectivity index (χ3v) is 4.45. The van der Waals surface area contributed by atoms with Crippen LogP contribution in [0.2, 0.25) is 0 Å². The van der Waals surface area contributed by atoms with Crippen LogP contribution in [0.5, 0.6) is 0 Å². The van der Waals surface area contributed by atoms with E-state index in [1.54, 1.807) is 0 Å². The fourth-order valence-corrected chi connectivity index (χ4v) is 2.94. The van der Waals surface area contributed by atoms with Crippen LogP contribution in [-0.2, 0) is 9.59 Å². The maximum atomic E-state index is 12.0. The number of hydrogen-bond acceptors (Lipinski definition) is 3. The van der Waals surface area contributed by atoms with E-state index in [9.17, 15) is 14.7 Å². The number of carboxylic acid groups (broad SMARTS) is 1. The zero-order valence-electron chi connectivity index (χ0n) is 10.7. The number of amides is 1. The van der Waals surface area contributed by atoms with Gasteiger partial charge in [0.2, 0.25) is 5.91 Å². The lowest BCUT2D eigenvalue weighted by Gasteiger charge is -2.38. The minimum Gasteiger partial charge on any atom is -0.481 e. The third-order valence-electron chi connectivity index (χ3n) is 4.45. The molecule has 0 radical (unpaired) electrons. The molecule has 2 aliphatic rings. The van der Waals surface area contributed by atoms with Crippen LogP contribution < -0.4 is 11.1 Å². The van der Waals surface area contributed by atoms with Crippen LogP contribution in [0.25, 0.3) is 0 Å². The second kappa shape index (κ2) is 5.26. The first kappa shape index (κ1) is 13.3. The number of nitrogens with two attached hydrogens (primary N) is 1. The SMILES string of the molecule is NC1CCCC(C(=O)NCC2(C(=O)O)CCC2)C1. The highest BCUT2D eigenvalue weighted by Crippen LogP contribution is 2.40. The Kier molecular flexibility index (Phi) is 3.90. The van der Waals surface area contributed by atoms with Crippen LogP contribution in [-0.4, -0.2) is 29.6 Å². The van der Waals surface area contributed by atoms with Crippen LogP contribution in [0.15, 0.2) is 0 Å². The monoisotopic (exact) mass is 254 g/mol. The lowest BCUT2D eigenvalue weighted by molar-refractivity contribution is -0.154. The summed E-state index contributed by atoms with van der Waals surface area (Å²) in [6, 6.07) is 0.117. The number of hydrogen-bond donors (Lipinski definition) is 3. The first-order chi connectivity index (χ1) is 8.53. The number of carbonyl (C=O) groups excluding carboxylic acids is 1. The van der Waals surface area contributed by atoms with Crippen molar-refractivity contribution in [3.05, 3.63) is 0 Å². The largest absolute Gasteiger partial charge is 0.481 e. The molecule has 5 heteroatoms. The third kappa shape index (κ3) is 2.66. The number of carboxylic acids is 1. The van der Waals surface area contributed by atoms with E-state index in [0.717, 1.165) is 32.1 Å². The Morgan fingerprint density at radius 2 is 2.00 bits per heavy atom. The number of carbonyl (C=O) groups is 2. The van der Waals surface area contributed by atoms with Crippen molar-refractivity contribution < 1.29 is 14.7 Å². The molecule has 0 bridgehead atoms. The van der Waals surface area contributed by atoms with E-state index in [2.05, 4.69) is 5.32 Å². The summed E-state index contributed by atoms with van der Waals surface area (Å²) in [5.41, 5.74) is 5.15. The van der Waals surface area contributed by atoms with E-state index >= 15 is 0 Å². The van der Waals surface area contributed by atoms with Gasteiger partial charge < -0.3 is 16.2 Å². The van der Waals surface area contributed by atoms with Gasteiger partial charge in [-0.15, -0.1) is 0 Å². The molecular weight excluding hydrogens is 232 g/mol. The van der Waals surface area contributed by atoms with Crippen molar-refractivity contribution in [1.29, 1.82) is 0 Å². The summed E-state index contributed by atoms with van der Waals surface area (Å²) in [5, 5.41) is 12.0.